The third kappa shape index (κ3) is 1.38. The van der Waals surface area contributed by atoms with E-state index in [1.165, 1.54) is 0 Å². The Labute approximate surface area is 92.6 Å². The molecule has 0 aromatic rings. The van der Waals surface area contributed by atoms with Crippen LogP contribution in [0, 0.1) is 0 Å². The summed E-state index contributed by atoms with van der Waals surface area (Å²) in [5.41, 5.74) is 3.74. The molecule has 1 unspecified atom stereocenters. The van der Waals surface area contributed by atoms with E-state index in [9.17, 15) is 13.5 Å². The minimum atomic E-state index is -3.92. The first-order valence-corrected chi connectivity index (χ1v) is 6.18. The van der Waals surface area contributed by atoms with Gasteiger partial charge >= 0.3 is 0 Å². The van der Waals surface area contributed by atoms with Crippen LogP contribution >= 0.6 is 0 Å². The second kappa shape index (κ2) is 3.41. The molecular weight excluding hydrogens is 238 g/mol. The van der Waals surface area contributed by atoms with Gasteiger partial charge in [0.15, 0.2) is 5.60 Å². The van der Waals surface area contributed by atoms with Gasteiger partial charge in [0.25, 0.3) is 10.1 Å². The van der Waals surface area contributed by atoms with Crippen LogP contribution in [0.5, 0.6) is 0 Å². The normalized spacial score (nSPS) is 46.2. The largest absolute Gasteiger partial charge is 0.399 e. The van der Waals surface area contributed by atoms with Gasteiger partial charge in [0.05, 0.1) is 23.8 Å². The van der Waals surface area contributed by atoms with Crippen molar-refractivity contribution in [3.63, 3.8) is 0 Å². The molecule has 0 aromatic carbocycles. The SMILES string of the molecule is C[C@@H]1O[C@H](CO)[C@@]2(OS(=O)(=O)C=C2N)C1O. The molecule has 0 bridgehead atoms. The van der Waals surface area contributed by atoms with E-state index < -0.39 is 40.6 Å². The van der Waals surface area contributed by atoms with E-state index in [1.807, 2.05) is 0 Å². The first-order valence-electron chi connectivity index (χ1n) is 4.71. The molecule has 1 saturated heterocycles. The molecule has 2 heterocycles. The number of hydrogen-bond acceptors (Lipinski definition) is 7. The fourth-order valence-corrected chi connectivity index (χ4v) is 3.35. The molecule has 2 aliphatic heterocycles. The molecule has 8 heteroatoms. The van der Waals surface area contributed by atoms with Gasteiger partial charge in [-0.2, -0.15) is 8.42 Å². The van der Waals surface area contributed by atoms with Gasteiger partial charge in [0.2, 0.25) is 0 Å². The average Bonchev–Trinajstić information content (AvgIpc) is 2.56. The third-order valence-corrected chi connectivity index (χ3v) is 3.93. The highest BCUT2D eigenvalue weighted by atomic mass is 32.2. The van der Waals surface area contributed by atoms with Crippen LogP contribution in [-0.4, -0.2) is 49.2 Å². The molecule has 4 N–H and O–H groups in total. The van der Waals surface area contributed by atoms with Crippen LogP contribution in [0.2, 0.25) is 0 Å². The molecular formula is C8H13NO6S. The predicted molar refractivity (Wildman–Crippen MR) is 52.4 cm³/mol. The second-order valence-electron chi connectivity index (χ2n) is 3.90. The highest BCUT2D eigenvalue weighted by Gasteiger charge is 2.62. The van der Waals surface area contributed by atoms with Gasteiger partial charge in [-0.1, -0.05) is 0 Å². The Bertz CT molecular complexity index is 432. The quantitative estimate of drug-likeness (QED) is 0.462. The van der Waals surface area contributed by atoms with E-state index in [0.29, 0.717) is 0 Å². The van der Waals surface area contributed by atoms with Gasteiger partial charge in [0.1, 0.15) is 12.2 Å². The average molecular weight is 251 g/mol. The number of aliphatic hydroxyl groups is 2. The molecule has 7 nitrogen and oxygen atoms in total. The summed E-state index contributed by atoms with van der Waals surface area (Å²) in [6, 6.07) is 0. The van der Waals surface area contributed by atoms with Crippen molar-refractivity contribution in [1.82, 2.24) is 0 Å². The van der Waals surface area contributed by atoms with Crippen LogP contribution in [0.25, 0.3) is 0 Å². The molecule has 16 heavy (non-hydrogen) atoms. The fraction of sp³-hybridized carbons (Fsp3) is 0.750. The van der Waals surface area contributed by atoms with Crippen LogP contribution in [-0.2, 0) is 19.0 Å². The fourth-order valence-electron chi connectivity index (χ4n) is 2.12. The maximum Gasteiger partial charge on any atom is 0.292 e. The molecule has 2 rings (SSSR count). The number of nitrogens with two attached hydrogens (primary N) is 1. The lowest BCUT2D eigenvalue weighted by Gasteiger charge is -2.30. The molecule has 4 atom stereocenters. The molecule has 2 aliphatic rings. The van der Waals surface area contributed by atoms with Gasteiger partial charge in [-0.15, -0.1) is 0 Å². The Morgan fingerprint density at radius 2 is 2.25 bits per heavy atom. The van der Waals surface area contributed by atoms with Crippen molar-refractivity contribution in [2.24, 2.45) is 5.73 Å². The van der Waals surface area contributed by atoms with Crippen LogP contribution in [0.15, 0.2) is 11.1 Å². The van der Waals surface area contributed by atoms with Crippen molar-refractivity contribution < 1.29 is 27.6 Å². The zero-order valence-corrected chi connectivity index (χ0v) is 9.35. The van der Waals surface area contributed by atoms with Gasteiger partial charge in [-0.3, -0.25) is 0 Å². The molecule has 1 fully saturated rings. The summed E-state index contributed by atoms with van der Waals surface area (Å²) in [4.78, 5) is 0. The van der Waals surface area contributed by atoms with Crippen molar-refractivity contribution in [2.75, 3.05) is 6.61 Å². The summed E-state index contributed by atoms with van der Waals surface area (Å²) in [5, 5.41) is 19.8. The molecule has 0 amide bonds. The van der Waals surface area contributed by atoms with E-state index >= 15 is 0 Å². The lowest BCUT2D eigenvalue weighted by Crippen LogP contribution is -2.53. The summed E-state index contributed by atoms with van der Waals surface area (Å²) in [5.74, 6) is 0. The Morgan fingerprint density at radius 3 is 2.69 bits per heavy atom. The molecule has 0 aromatic heterocycles. The van der Waals surface area contributed by atoms with Crippen molar-refractivity contribution in [2.45, 2.75) is 30.8 Å². The Hall–Kier alpha value is -0.670. The van der Waals surface area contributed by atoms with Crippen LogP contribution in [0.4, 0.5) is 0 Å². The standard InChI is InChI=1S/C8H13NO6S/c1-4-7(11)8(6(2-10)14-4)5(9)3-16(12,13)15-8/h3-4,6-7,10-11H,2,9H2,1H3/t4-,6+,7?,8+/m0/s1. The second-order valence-corrected chi connectivity index (χ2v) is 5.29. The van der Waals surface area contributed by atoms with E-state index in [1.54, 1.807) is 6.92 Å². The van der Waals surface area contributed by atoms with Crippen molar-refractivity contribution in [1.29, 1.82) is 0 Å². The van der Waals surface area contributed by atoms with Crippen molar-refractivity contribution in [3.05, 3.63) is 11.1 Å². The lowest BCUT2D eigenvalue weighted by atomic mass is 9.88. The van der Waals surface area contributed by atoms with Gasteiger partial charge in [0, 0.05) is 0 Å². The summed E-state index contributed by atoms with van der Waals surface area (Å²) in [6.45, 7) is 1.05. The summed E-state index contributed by atoms with van der Waals surface area (Å²) >= 11 is 0. The van der Waals surface area contributed by atoms with E-state index in [-0.39, 0.29) is 5.70 Å². The van der Waals surface area contributed by atoms with Gasteiger partial charge < -0.3 is 20.7 Å². The zero-order valence-electron chi connectivity index (χ0n) is 8.53. The predicted octanol–water partition coefficient (Wildman–Crippen LogP) is -1.97. The smallest absolute Gasteiger partial charge is 0.292 e. The van der Waals surface area contributed by atoms with E-state index in [0.717, 1.165) is 5.41 Å². The molecule has 0 saturated carbocycles. The molecule has 92 valence electrons. The number of ether oxygens (including phenoxy) is 1. The first kappa shape index (κ1) is 11.8. The van der Waals surface area contributed by atoms with Crippen LogP contribution in [0.1, 0.15) is 6.92 Å². The van der Waals surface area contributed by atoms with Crippen LogP contribution in [0.3, 0.4) is 0 Å². The number of rotatable bonds is 1. The summed E-state index contributed by atoms with van der Waals surface area (Å²) < 4.78 is 32.6. The van der Waals surface area contributed by atoms with E-state index in [2.05, 4.69) is 0 Å². The Kier molecular flexibility index (Phi) is 2.52. The minimum Gasteiger partial charge on any atom is -0.399 e. The van der Waals surface area contributed by atoms with Gasteiger partial charge in [-0.25, -0.2) is 4.18 Å². The summed E-state index contributed by atoms with van der Waals surface area (Å²) in [6.07, 6.45) is -2.90. The highest BCUT2D eigenvalue weighted by molar-refractivity contribution is 7.90. The highest BCUT2D eigenvalue weighted by Crippen LogP contribution is 2.43. The Balaban J connectivity index is 2.49. The number of aliphatic hydroxyl groups excluding tert-OH is 2. The zero-order chi connectivity index (χ0) is 12.1. The molecule has 0 aliphatic carbocycles. The van der Waals surface area contributed by atoms with Crippen LogP contribution < -0.4 is 5.73 Å². The Morgan fingerprint density at radius 1 is 1.62 bits per heavy atom. The van der Waals surface area contributed by atoms with Crippen molar-refractivity contribution >= 4 is 10.1 Å². The first-order chi connectivity index (χ1) is 7.33. The van der Waals surface area contributed by atoms with Crippen molar-refractivity contribution in [3.8, 4) is 0 Å². The number of hydrogen-bond donors (Lipinski definition) is 3. The maximum absolute atomic E-state index is 11.3. The monoisotopic (exact) mass is 251 g/mol. The van der Waals surface area contributed by atoms with E-state index in [4.69, 9.17) is 19.8 Å². The molecule has 0 radical (unpaired) electrons. The maximum atomic E-state index is 11.3. The minimum absolute atomic E-state index is 0.150. The lowest BCUT2D eigenvalue weighted by molar-refractivity contribution is -0.0427. The molecule has 1 spiro atoms. The summed E-state index contributed by atoms with van der Waals surface area (Å²) in [7, 11) is -3.92. The van der Waals surface area contributed by atoms with Gasteiger partial charge in [-0.05, 0) is 6.92 Å². The third-order valence-electron chi connectivity index (χ3n) is 2.88. The topological polar surface area (TPSA) is 119 Å².